The van der Waals surface area contributed by atoms with Gasteiger partial charge in [-0.3, -0.25) is 5.32 Å². The monoisotopic (exact) mass is 180 g/mol. The molecule has 0 spiro atoms. The highest BCUT2D eigenvalue weighted by Gasteiger charge is 2.13. The molecule has 0 aromatic rings. The van der Waals surface area contributed by atoms with Crippen LogP contribution in [0.3, 0.4) is 0 Å². The molecule has 0 aliphatic heterocycles. The summed E-state index contributed by atoms with van der Waals surface area (Å²) in [6.45, 7) is 0. The number of carbonyl (C=O) groups is 1. The lowest BCUT2D eigenvalue weighted by atomic mass is 10.1. The van der Waals surface area contributed by atoms with E-state index in [2.05, 4.69) is 16.7 Å². The topological polar surface area (TPSA) is 41.1 Å². The molecule has 1 fully saturated rings. The fourth-order valence-electron chi connectivity index (χ4n) is 1.71. The molecule has 2 amide bonds. The molecular weight excluding hydrogens is 164 g/mol. The van der Waals surface area contributed by atoms with Crippen molar-refractivity contribution in [2.24, 2.45) is 0 Å². The van der Waals surface area contributed by atoms with Gasteiger partial charge in [0.15, 0.2) is 0 Å². The molecule has 0 atom stereocenters. The van der Waals surface area contributed by atoms with Gasteiger partial charge in [-0.15, -0.1) is 0 Å². The number of hydrogen-bond donors (Lipinski definition) is 2. The van der Waals surface area contributed by atoms with Crippen molar-refractivity contribution in [3.8, 4) is 12.5 Å². The van der Waals surface area contributed by atoms with E-state index in [1.165, 1.54) is 25.7 Å². The summed E-state index contributed by atoms with van der Waals surface area (Å²) in [5.74, 6) is 0. The summed E-state index contributed by atoms with van der Waals surface area (Å²) in [7, 11) is 0. The highest BCUT2D eigenvalue weighted by molar-refractivity contribution is 5.75. The van der Waals surface area contributed by atoms with Crippen molar-refractivity contribution in [2.45, 2.75) is 44.6 Å². The van der Waals surface area contributed by atoms with E-state index in [1.807, 2.05) is 0 Å². The van der Waals surface area contributed by atoms with Crippen LogP contribution in [-0.2, 0) is 0 Å². The molecule has 3 heteroatoms. The van der Waals surface area contributed by atoms with Crippen molar-refractivity contribution < 1.29 is 4.79 Å². The Morgan fingerprint density at radius 2 is 1.85 bits per heavy atom. The maximum absolute atomic E-state index is 11.1. The number of hydrogen-bond acceptors (Lipinski definition) is 1. The number of amides is 2. The quantitative estimate of drug-likeness (QED) is 0.359. The SMILES string of the molecule is C#CNC(=O)NC1CCCCCC1. The standard InChI is InChI=1S/C10H16N2O/c1-2-11-10(13)12-9-7-5-3-4-6-8-9/h1,9H,3-8H2,(H2,11,12,13). The Balaban J connectivity index is 2.26. The van der Waals surface area contributed by atoms with Crippen LogP contribution in [0.5, 0.6) is 0 Å². The molecule has 1 rings (SSSR count). The van der Waals surface area contributed by atoms with E-state index >= 15 is 0 Å². The van der Waals surface area contributed by atoms with Gasteiger partial charge >= 0.3 is 6.03 Å². The summed E-state index contributed by atoms with van der Waals surface area (Å²) in [6, 6.07) is 2.18. The van der Waals surface area contributed by atoms with Crippen LogP contribution in [0.15, 0.2) is 0 Å². The smallest absolute Gasteiger partial charge is 0.326 e. The first-order valence-corrected chi connectivity index (χ1v) is 4.85. The van der Waals surface area contributed by atoms with Crippen LogP contribution in [-0.4, -0.2) is 12.1 Å². The fourth-order valence-corrected chi connectivity index (χ4v) is 1.71. The zero-order chi connectivity index (χ0) is 9.52. The van der Waals surface area contributed by atoms with Crippen molar-refractivity contribution in [2.75, 3.05) is 0 Å². The van der Waals surface area contributed by atoms with Gasteiger partial charge in [0.25, 0.3) is 0 Å². The van der Waals surface area contributed by atoms with E-state index < -0.39 is 0 Å². The molecule has 3 nitrogen and oxygen atoms in total. The molecule has 0 saturated heterocycles. The third-order valence-corrected chi connectivity index (χ3v) is 2.38. The summed E-state index contributed by atoms with van der Waals surface area (Å²) >= 11 is 0. The van der Waals surface area contributed by atoms with Gasteiger partial charge in [0.05, 0.1) is 0 Å². The Kier molecular flexibility index (Phi) is 4.17. The van der Waals surface area contributed by atoms with Gasteiger partial charge in [-0.25, -0.2) is 4.79 Å². The molecule has 0 heterocycles. The normalized spacial score (nSPS) is 18.4. The van der Waals surface area contributed by atoms with E-state index in [0.717, 1.165) is 12.8 Å². The number of urea groups is 1. The third-order valence-electron chi connectivity index (χ3n) is 2.38. The average Bonchev–Trinajstić information content (AvgIpc) is 2.33. The first kappa shape index (κ1) is 9.91. The molecule has 1 aliphatic carbocycles. The van der Waals surface area contributed by atoms with Gasteiger partial charge in [-0.05, 0) is 12.8 Å². The molecule has 0 radical (unpaired) electrons. The predicted octanol–water partition coefficient (Wildman–Crippen LogP) is 1.60. The second-order valence-electron chi connectivity index (χ2n) is 3.43. The molecule has 0 aromatic carbocycles. The van der Waals surface area contributed by atoms with E-state index in [-0.39, 0.29) is 6.03 Å². The molecular formula is C10H16N2O. The summed E-state index contributed by atoms with van der Waals surface area (Å²) in [6.07, 6.45) is 12.1. The predicted molar refractivity (Wildman–Crippen MR) is 52.0 cm³/mol. The van der Waals surface area contributed by atoms with Gasteiger partial charge in [-0.2, -0.15) is 0 Å². The van der Waals surface area contributed by atoms with E-state index in [1.54, 1.807) is 0 Å². The molecule has 1 aliphatic rings. The fraction of sp³-hybridized carbons (Fsp3) is 0.700. The second kappa shape index (κ2) is 5.47. The molecule has 2 N–H and O–H groups in total. The van der Waals surface area contributed by atoms with Crippen molar-refractivity contribution in [1.29, 1.82) is 0 Å². The summed E-state index contributed by atoms with van der Waals surface area (Å²) in [5.41, 5.74) is 0. The average molecular weight is 180 g/mol. The molecule has 0 unspecified atom stereocenters. The Bertz CT molecular complexity index is 199. The van der Waals surface area contributed by atoms with Crippen LogP contribution in [0.4, 0.5) is 4.79 Å². The van der Waals surface area contributed by atoms with Crippen molar-refractivity contribution >= 4 is 6.03 Å². The van der Waals surface area contributed by atoms with Gasteiger partial charge in [0, 0.05) is 12.1 Å². The van der Waals surface area contributed by atoms with Crippen molar-refractivity contribution in [1.82, 2.24) is 10.6 Å². The lowest BCUT2D eigenvalue weighted by molar-refractivity contribution is 0.239. The lowest BCUT2D eigenvalue weighted by Crippen LogP contribution is -2.39. The van der Waals surface area contributed by atoms with Crippen LogP contribution in [0.25, 0.3) is 0 Å². The number of carbonyl (C=O) groups excluding carboxylic acids is 1. The third kappa shape index (κ3) is 3.84. The van der Waals surface area contributed by atoms with E-state index in [4.69, 9.17) is 6.42 Å². The molecule has 13 heavy (non-hydrogen) atoms. The minimum Gasteiger partial charge on any atom is -0.335 e. The minimum absolute atomic E-state index is 0.241. The summed E-state index contributed by atoms with van der Waals surface area (Å²) in [5, 5.41) is 5.16. The zero-order valence-electron chi connectivity index (χ0n) is 7.81. The zero-order valence-corrected chi connectivity index (χ0v) is 7.81. The van der Waals surface area contributed by atoms with Crippen LogP contribution in [0, 0.1) is 12.5 Å². The second-order valence-corrected chi connectivity index (χ2v) is 3.43. The van der Waals surface area contributed by atoms with Crippen molar-refractivity contribution in [3.63, 3.8) is 0 Å². The number of rotatable bonds is 1. The van der Waals surface area contributed by atoms with E-state index in [9.17, 15) is 4.79 Å². The largest absolute Gasteiger partial charge is 0.335 e. The van der Waals surface area contributed by atoms with Crippen molar-refractivity contribution in [3.05, 3.63) is 0 Å². The molecule has 0 bridgehead atoms. The van der Waals surface area contributed by atoms with Crippen LogP contribution in [0.2, 0.25) is 0 Å². The molecule has 0 aromatic heterocycles. The Labute approximate surface area is 79.3 Å². The highest BCUT2D eigenvalue weighted by Crippen LogP contribution is 2.16. The Hall–Kier alpha value is -1.17. The van der Waals surface area contributed by atoms with E-state index in [0.29, 0.717) is 6.04 Å². The van der Waals surface area contributed by atoms with Crippen LogP contribution in [0.1, 0.15) is 38.5 Å². The summed E-state index contributed by atoms with van der Waals surface area (Å²) in [4.78, 5) is 11.1. The number of terminal acetylenes is 1. The molecule has 1 saturated carbocycles. The van der Waals surface area contributed by atoms with Gasteiger partial charge in [0.1, 0.15) is 0 Å². The Morgan fingerprint density at radius 3 is 2.38 bits per heavy atom. The van der Waals surface area contributed by atoms with Gasteiger partial charge in [0.2, 0.25) is 0 Å². The Morgan fingerprint density at radius 1 is 1.23 bits per heavy atom. The lowest BCUT2D eigenvalue weighted by Gasteiger charge is -2.14. The van der Waals surface area contributed by atoms with Gasteiger partial charge < -0.3 is 5.32 Å². The highest BCUT2D eigenvalue weighted by atomic mass is 16.2. The van der Waals surface area contributed by atoms with Crippen LogP contribution >= 0.6 is 0 Å². The maximum Gasteiger partial charge on any atom is 0.326 e. The van der Waals surface area contributed by atoms with Gasteiger partial charge in [-0.1, -0.05) is 32.1 Å². The molecule has 72 valence electrons. The first-order chi connectivity index (χ1) is 6.33. The van der Waals surface area contributed by atoms with Crippen LogP contribution < -0.4 is 10.6 Å². The summed E-state index contributed by atoms with van der Waals surface area (Å²) < 4.78 is 0. The first-order valence-electron chi connectivity index (χ1n) is 4.85. The number of nitrogens with one attached hydrogen (secondary N) is 2. The maximum atomic E-state index is 11.1. The minimum atomic E-state index is -0.241.